The number of aldehydes is 1. The summed E-state index contributed by atoms with van der Waals surface area (Å²) in [4.78, 5) is 24.9. The van der Waals surface area contributed by atoms with Crippen molar-refractivity contribution in [3.63, 3.8) is 0 Å². The van der Waals surface area contributed by atoms with Crippen molar-refractivity contribution in [3.8, 4) is 6.07 Å². The predicted molar refractivity (Wildman–Crippen MR) is 74.9 cm³/mol. The van der Waals surface area contributed by atoms with Gasteiger partial charge in [0, 0.05) is 13.0 Å². The number of hydrogen-bond acceptors (Lipinski definition) is 3. The molecule has 4 nitrogen and oxygen atoms in total. The first-order valence-corrected chi connectivity index (χ1v) is 6.98. The Morgan fingerprint density at radius 1 is 1.35 bits per heavy atom. The third-order valence-corrected chi connectivity index (χ3v) is 3.74. The van der Waals surface area contributed by atoms with Crippen LogP contribution >= 0.6 is 0 Å². The summed E-state index contributed by atoms with van der Waals surface area (Å²) >= 11 is 0. The lowest BCUT2D eigenvalue weighted by molar-refractivity contribution is -0.137. The van der Waals surface area contributed by atoms with Crippen LogP contribution in [-0.2, 0) is 16.0 Å². The van der Waals surface area contributed by atoms with Gasteiger partial charge >= 0.3 is 0 Å². The van der Waals surface area contributed by atoms with Crippen LogP contribution in [0, 0.1) is 11.3 Å². The topological polar surface area (TPSA) is 61.2 Å². The fourth-order valence-corrected chi connectivity index (χ4v) is 2.55. The van der Waals surface area contributed by atoms with Crippen LogP contribution in [-0.4, -0.2) is 29.7 Å². The number of benzene rings is 1. The number of likely N-dealkylation sites (tertiary alicyclic amines) is 1. The molecule has 0 spiro atoms. The van der Waals surface area contributed by atoms with E-state index in [9.17, 15) is 9.59 Å². The van der Waals surface area contributed by atoms with Crippen LogP contribution < -0.4 is 0 Å². The number of carbonyl (C=O) groups is 2. The van der Waals surface area contributed by atoms with Crippen molar-refractivity contribution in [2.45, 2.75) is 38.1 Å². The number of nitriles is 1. The highest BCUT2D eigenvalue weighted by atomic mass is 16.2. The highest BCUT2D eigenvalue weighted by Crippen LogP contribution is 2.17. The fraction of sp³-hybridized carbons (Fsp3) is 0.438. The van der Waals surface area contributed by atoms with Crippen molar-refractivity contribution in [2.75, 3.05) is 6.54 Å². The molecular formula is C16H18N2O2. The predicted octanol–water partition coefficient (Wildman–Crippen LogP) is 2.07. The third-order valence-electron chi connectivity index (χ3n) is 3.74. The SMILES string of the molecule is N#Cc1ccc(CCC(=O)N2CCCCC2C=O)cc1. The molecule has 2 rings (SSSR count). The number of aryl methyl sites for hydroxylation is 1. The van der Waals surface area contributed by atoms with Gasteiger partial charge in [0.1, 0.15) is 6.29 Å². The minimum Gasteiger partial charge on any atom is -0.333 e. The van der Waals surface area contributed by atoms with E-state index < -0.39 is 0 Å². The minimum absolute atomic E-state index is 0.0474. The smallest absolute Gasteiger partial charge is 0.223 e. The van der Waals surface area contributed by atoms with Gasteiger partial charge in [-0.15, -0.1) is 0 Å². The Balaban J connectivity index is 1.90. The van der Waals surface area contributed by atoms with Crippen LogP contribution in [0.3, 0.4) is 0 Å². The van der Waals surface area contributed by atoms with Crippen LogP contribution in [0.4, 0.5) is 0 Å². The molecule has 1 aromatic rings. The van der Waals surface area contributed by atoms with Crippen LogP contribution in [0.25, 0.3) is 0 Å². The van der Waals surface area contributed by atoms with Gasteiger partial charge in [-0.25, -0.2) is 0 Å². The highest BCUT2D eigenvalue weighted by Gasteiger charge is 2.25. The first-order valence-electron chi connectivity index (χ1n) is 6.98. The summed E-state index contributed by atoms with van der Waals surface area (Å²) in [6.07, 6.45) is 4.73. The van der Waals surface area contributed by atoms with Crippen LogP contribution in [0.15, 0.2) is 24.3 Å². The maximum atomic E-state index is 12.2. The molecule has 0 aromatic heterocycles. The Bertz CT molecular complexity index is 516. The lowest BCUT2D eigenvalue weighted by Crippen LogP contribution is -2.44. The summed E-state index contributed by atoms with van der Waals surface area (Å²) in [7, 11) is 0. The van der Waals surface area contributed by atoms with Gasteiger partial charge in [-0.2, -0.15) is 5.26 Å². The first-order chi connectivity index (χ1) is 9.74. The van der Waals surface area contributed by atoms with E-state index in [0.29, 0.717) is 24.9 Å². The van der Waals surface area contributed by atoms with Crippen molar-refractivity contribution < 1.29 is 9.59 Å². The second kappa shape index (κ2) is 6.85. The number of nitrogens with zero attached hydrogens (tertiary/aromatic N) is 2. The summed E-state index contributed by atoms with van der Waals surface area (Å²) in [5.41, 5.74) is 1.66. The maximum absolute atomic E-state index is 12.2. The van der Waals surface area contributed by atoms with Gasteiger partial charge < -0.3 is 9.69 Å². The van der Waals surface area contributed by atoms with Gasteiger partial charge in [0.2, 0.25) is 5.91 Å². The molecule has 104 valence electrons. The first kappa shape index (κ1) is 14.3. The maximum Gasteiger partial charge on any atom is 0.223 e. The van der Waals surface area contributed by atoms with Crippen molar-refractivity contribution in [1.82, 2.24) is 4.90 Å². The highest BCUT2D eigenvalue weighted by molar-refractivity contribution is 5.80. The van der Waals surface area contributed by atoms with Crippen molar-refractivity contribution in [3.05, 3.63) is 35.4 Å². The van der Waals surface area contributed by atoms with Crippen LogP contribution in [0.5, 0.6) is 0 Å². The molecule has 1 aromatic carbocycles. The van der Waals surface area contributed by atoms with E-state index in [4.69, 9.17) is 5.26 Å². The van der Waals surface area contributed by atoms with E-state index in [1.165, 1.54) is 0 Å². The average Bonchev–Trinajstić information content (AvgIpc) is 2.53. The fourth-order valence-electron chi connectivity index (χ4n) is 2.55. The van der Waals surface area contributed by atoms with Gasteiger partial charge in [0.05, 0.1) is 17.7 Å². The molecular weight excluding hydrogens is 252 g/mol. The second-order valence-corrected chi connectivity index (χ2v) is 5.10. The summed E-state index contributed by atoms with van der Waals surface area (Å²) in [5, 5.41) is 8.73. The Morgan fingerprint density at radius 2 is 2.10 bits per heavy atom. The Labute approximate surface area is 119 Å². The standard InChI is InChI=1S/C16H18N2O2/c17-11-14-6-4-13(5-7-14)8-9-16(20)18-10-2-1-3-15(18)12-19/h4-7,12,15H,1-3,8-10H2. The van der Waals surface area contributed by atoms with Gasteiger partial charge in [0.25, 0.3) is 0 Å². The largest absolute Gasteiger partial charge is 0.333 e. The molecule has 1 heterocycles. The Kier molecular flexibility index (Phi) is 4.89. The number of amides is 1. The minimum atomic E-state index is -0.239. The zero-order valence-corrected chi connectivity index (χ0v) is 11.4. The number of carbonyl (C=O) groups excluding carboxylic acids is 2. The van der Waals surface area contributed by atoms with E-state index in [0.717, 1.165) is 31.1 Å². The molecule has 1 saturated heterocycles. The lowest BCUT2D eigenvalue weighted by Gasteiger charge is -2.32. The molecule has 0 aliphatic carbocycles. The van der Waals surface area contributed by atoms with Crippen LogP contribution in [0.2, 0.25) is 0 Å². The summed E-state index contributed by atoms with van der Waals surface area (Å²) < 4.78 is 0. The molecule has 0 radical (unpaired) electrons. The van der Waals surface area contributed by atoms with E-state index in [1.807, 2.05) is 12.1 Å². The number of rotatable bonds is 4. The molecule has 1 atom stereocenters. The Morgan fingerprint density at radius 3 is 2.75 bits per heavy atom. The van der Waals surface area contributed by atoms with Crippen molar-refractivity contribution in [1.29, 1.82) is 5.26 Å². The summed E-state index contributed by atoms with van der Waals surface area (Å²) in [6, 6.07) is 9.10. The molecule has 4 heteroatoms. The zero-order chi connectivity index (χ0) is 14.4. The van der Waals surface area contributed by atoms with Crippen LogP contribution in [0.1, 0.15) is 36.8 Å². The molecule has 20 heavy (non-hydrogen) atoms. The van der Waals surface area contributed by atoms with Gasteiger partial charge in [-0.3, -0.25) is 4.79 Å². The van der Waals surface area contributed by atoms with E-state index in [-0.39, 0.29) is 11.9 Å². The number of piperidine rings is 1. The van der Waals surface area contributed by atoms with E-state index in [1.54, 1.807) is 17.0 Å². The third kappa shape index (κ3) is 3.45. The van der Waals surface area contributed by atoms with Gasteiger partial charge in [-0.05, 0) is 43.4 Å². The summed E-state index contributed by atoms with van der Waals surface area (Å²) in [5.74, 6) is 0.0474. The molecule has 0 saturated carbocycles. The quantitative estimate of drug-likeness (QED) is 0.787. The van der Waals surface area contributed by atoms with Crippen molar-refractivity contribution >= 4 is 12.2 Å². The molecule has 1 aliphatic heterocycles. The van der Waals surface area contributed by atoms with E-state index in [2.05, 4.69) is 6.07 Å². The average molecular weight is 270 g/mol. The number of hydrogen-bond donors (Lipinski definition) is 0. The molecule has 1 amide bonds. The Hall–Kier alpha value is -2.15. The molecule has 0 N–H and O–H groups in total. The molecule has 0 bridgehead atoms. The normalized spacial score (nSPS) is 18.4. The lowest BCUT2D eigenvalue weighted by atomic mass is 10.0. The zero-order valence-electron chi connectivity index (χ0n) is 11.4. The van der Waals surface area contributed by atoms with Crippen molar-refractivity contribution in [2.24, 2.45) is 0 Å². The van der Waals surface area contributed by atoms with E-state index >= 15 is 0 Å². The second-order valence-electron chi connectivity index (χ2n) is 5.10. The monoisotopic (exact) mass is 270 g/mol. The van der Waals surface area contributed by atoms with Gasteiger partial charge in [-0.1, -0.05) is 12.1 Å². The molecule has 1 fully saturated rings. The van der Waals surface area contributed by atoms with Gasteiger partial charge in [0.15, 0.2) is 0 Å². The molecule has 1 aliphatic rings. The summed E-state index contributed by atoms with van der Waals surface area (Å²) in [6.45, 7) is 0.690. The molecule has 1 unspecified atom stereocenters.